The van der Waals surface area contributed by atoms with Crippen molar-refractivity contribution in [2.75, 3.05) is 13.2 Å². The van der Waals surface area contributed by atoms with Crippen molar-refractivity contribution in [1.82, 2.24) is 20.1 Å². The quantitative estimate of drug-likeness (QED) is 0.761. The van der Waals surface area contributed by atoms with Crippen LogP contribution in [0.1, 0.15) is 50.2 Å². The molecule has 140 valence electrons. The Labute approximate surface area is 159 Å². The van der Waals surface area contributed by atoms with Crippen LogP contribution in [-0.4, -0.2) is 33.8 Å². The number of nitrogens with one attached hydrogen (secondary N) is 2. The lowest BCUT2D eigenvalue weighted by atomic mass is 9.89. The van der Waals surface area contributed by atoms with Crippen LogP contribution in [0, 0.1) is 10.7 Å². The van der Waals surface area contributed by atoms with E-state index in [0.29, 0.717) is 24.3 Å². The number of H-pyrrole nitrogens is 1. The van der Waals surface area contributed by atoms with Crippen LogP contribution in [0.3, 0.4) is 0 Å². The summed E-state index contributed by atoms with van der Waals surface area (Å²) in [5.41, 5.74) is 1.06. The van der Waals surface area contributed by atoms with E-state index in [-0.39, 0.29) is 24.0 Å². The van der Waals surface area contributed by atoms with Crippen molar-refractivity contribution >= 4 is 18.1 Å². The number of carbonyl (C=O) groups is 1. The molecule has 0 spiro atoms. The number of nitrogens with zero attached hydrogens (tertiary/aromatic N) is 2. The average molecular weight is 375 g/mol. The van der Waals surface area contributed by atoms with Crippen LogP contribution in [0.2, 0.25) is 0 Å². The second-order valence-corrected chi connectivity index (χ2v) is 7.29. The van der Waals surface area contributed by atoms with Gasteiger partial charge in [0.15, 0.2) is 4.77 Å². The molecular weight excluding hydrogens is 348 g/mol. The minimum atomic E-state index is -0.171. The zero-order chi connectivity index (χ0) is 18.5. The Hall–Kier alpha value is -1.99. The summed E-state index contributed by atoms with van der Waals surface area (Å²) in [5, 5.41) is 10.2. The van der Waals surface area contributed by atoms with Crippen LogP contribution in [0.5, 0.6) is 0 Å². The van der Waals surface area contributed by atoms with Crippen molar-refractivity contribution in [3.63, 3.8) is 0 Å². The number of hydrogen-bond acceptors (Lipinski definition) is 4. The van der Waals surface area contributed by atoms with Gasteiger partial charge in [-0.15, -0.1) is 0 Å². The van der Waals surface area contributed by atoms with Crippen LogP contribution in [-0.2, 0) is 16.0 Å². The van der Waals surface area contributed by atoms with Crippen molar-refractivity contribution in [1.29, 1.82) is 0 Å². The van der Waals surface area contributed by atoms with E-state index in [1.807, 2.05) is 34.9 Å². The maximum Gasteiger partial charge on any atom is 0.226 e. The Morgan fingerprint density at radius 1 is 1.42 bits per heavy atom. The first-order valence-corrected chi connectivity index (χ1v) is 9.58. The minimum Gasteiger partial charge on any atom is -0.373 e. The highest BCUT2D eigenvalue weighted by atomic mass is 32.1. The van der Waals surface area contributed by atoms with Crippen LogP contribution in [0.25, 0.3) is 0 Å². The normalized spacial score (nSPS) is 20.3. The number of carbonyl (C=O) groups excluding carboxylic acids is 1. The SMILES string of the molecule is CC(C)n1c(CCNC(=O)[C@@H]2CCCO[C@H]2c2ccccc2)n[nH]c1=S. The Morgan fingerprint density at radius 3 is 2.92 bits per heavy atom. The van der Waals surface area contributed by atoms with Gasteiger partial charge in [0.25, 0.3) is 0 Å². The number of benzene rings is 1. The molecule has 2 atom stereocenters. The Bertz CT molecular complexity index is 784. The summed E-state index contributed by atoms with van der Waals surface area (Å²) in [6.45, 7) is 5.37. The van der Waals surface area contributed by atoms with Gasteiger partial charge in [-0.2, -0.15) is 5.10 Å². The van der Waals surface area contributed by atoms with Gasteiger partial charge in [-0.3, -0.25) is 9.89 Å². The second-order valence-electron chi connectivity index (χ2n) is 6.90. The number of rotatable bonds is 6. The van der Waals surface area contributed by atoms with Gasteiger partial charge >= 0.3 is 0 Å². The molecule has 2 heterocycles. The second kappa shape index (κ2) is 8.60. The van der Waals surface area contributed by atoms with Crippen LogP contribution < -0.4 is 5.32 Å². The molecule has 2 aromatic rings. The fourth-order valence-corrected chi connectivity index (χ4v) is 3.86. The summed E-state index contributed by atoms with van der Waals surface area (Å²) in [4.78, 5) is 12.7. The third-order valence-corrected chi connectivity index (χ3v) is 5.02. The predicted octanol–water partition coefficient (Wildman–Crippen LogP) is 3.35. The van der Waals surface area contributed by atoms with Crippen molar-refractivity contribution in [2.24, 2.45) is 5.92 Å². The fraction of sp³-hybridized carbons (Fsp3) is 0.526. The molecule has 1 aromatic heterocycles. The van der Waals surface area contributed by atoms with Crippen molar-refractivity contribution in [3.05, 3.63) is 46.5 Å². The molecule has 1 saturated heterocycles. The third-order valence-electron chi connectivity index (χ3n) is 4.73. The summed E-state index contributed by atoms with van der Waals surface area (Å²) < 4.78 is 8.52. The summed E-state index contributed by atoms with van der Waals surface area (Å²) >= 11 is 5.26. The molecule has 0 unspecified atom stereocenters. The van der Waals surface area contributed by atoms with E-state index in [1.165, 1.54) is 0 Å². The molecule has 1 aliphatic heterocycles. The van der Waals surface area contributed by atoms with Crippen molar-refractivity contribution in [3.8, 4) is 0 Å². The Morgan fingerprint density at radius 2 is 2.19 bits per heavy atom. The fourth-order valence-electron chi connectivity index (χ4n) is 3.50. The van der Waals surface area contributed by atoms with E-state index in [4.69, 9.17) is 17.0 Å². The van der Waals surface area contributed by atoms with E-state index >= 15 is 0 Å². The number of hydrogen-bond donors (Lipinski definition) is 2. The number of aromatic amines is 1. The number of ether oxygens (including phenoxy) is 1. The molecule has 1 fully saturated rings. The van der Waals surface area contributed by atoms with Gasteiger partial charge in [0.2, 0.25) is 5.91 Å². The predicted molar refractivity (Wildman–Crippen MR) is 102 cm³/mol. The molecule has 0 saturated carbocycles. The molecule has 2 N–H and O–H groups in total. The molecule has 0 radical (unpaired) electrons. The van der Waals surface area contributed by atoms with E-state index in [1.54, 1.807) is 0 Å². The molecule has 6 nitrogen and oxygen atoms in total. The lowest BCUT2D eigenvalue weighted by Gasteiger charge is -2.31. The van der Waals surface area contributed by atoms with Crippen LogP contribution >= 0.6 is 12.2 Å². The van der Waals surface area contributed by atoms with Crippen LogP contribution in [0.4, 0.5) is 0 Å². The largest absolute Gasteiger partial charge is 0.373 e. The highest BCUT2D eigenvalue weighted by Gasteiger charge is 2.32. The van der Waals surface area contributed by atoms with E-state index < -0.39 is 0 Å². The van der Waals surface area contributed by atoms with Crippen molar-refractivity contribution < 1.29 is 9.53 Å². The molecule has 26 heavy (non-hydrogen) atoms. The number of amides is 1. The van der Waals surface area contributed by atoms with Crippen molar-refractivity contribution in [2.45, 2.75) is 45.3 Å². The standard InChI is InChI=1S/C19H26N4O2S/c1-13(2)23-16(21-22-19(23)26)10-11-20-18(24)15-9-6-12-25-17(15)14-7-4-3-5-8-14/h3-5,7-8,13,15,17H,6,9-12H2,1-2H3,(H,20,24)(H,22,26)/t15-,17+/m1/s1. The van der Waals surface area contributed by atoms with Crippen LogP contribution in [0.15, 0.2) is 30.3 Å². The van der Waals surface area contributed by atoms with E-state index in [0.717, 1.165) is 24.2 Å². The lowest BCUT2D eigenvalue weighted by Crippen LogP contribution is -2.38. The molecular formula is C19H26N4O2S. The van der Waals surface area contributed by atoms with Gasteiger partial charge in [0.1, 0.15) is 5.82 Å². The molecule has 1 amide bonds. The minimum absolute atomic E-state index is 0.0452. The van der Waals surface area contributed by atoms with Gasteiger partial charge in [-0.25, -0.2) is 0 Å². The first-order valence-electron chi connectivity index (χ1n) is 9.18. The first-order chi connectivity index (χ1) is 12.6. The van der Waals surface area contributed by atoms with E-state index in [2.05, 4.69) is 29.4 Å². The van der Waals surface area contributed by atoms with Gasteiger partial charge < -0.3 is 14.6 Å². The Kier molecular flexibility index (Phi) is 6.21. The molecule has 0 aliphatic carbocycles. The average Bonchev–Trinajstić information content (AvgIpc) is 3.03. The maximum absolute atomic E-state index is 12.7. The summed E-state index contributed by atoms with van der Waals surface area (Å²) in [5.74, 6) is 0.755. The van der Waals surface area contributed by atoms with Gasteiger partial charge in [0, 0.05) is 25.6 Å². The zero-order valence-corrected chi connectivity index (χ0v) is 16.1. The topological polar surface area (TPSA) is 71.9 Å². The molecule has 7 heteroatoms. The van der Waals surface area contributed by atoms with Gasteiger partial charge in [0.05, 0.1) is 12.0 Å². The zero-order valence-electron chi connectivity index (χ0n) is 15.3. The van der Waals surface area contributed by atoms with E-state index in [9.17, 15) is 4.79 Å². The molecule has 3 rings (SSSR count). The first kappa shape index (κ1) is 18.8. The summed E-state index contributed by atoms with van der Waals surface area (Å²) in [7, 11) is 0. The Balaban J connectivity index is 1.61. The highest BCUT2D eigenvalue weighted by molar-refractivity contribution is 7.71. The van der Waals surface area contributed by atoms with Gasteiger partial charge in [-0.1, -0.05) is 30.3 Å². The lowest BCUT2D eigenvalue weighted by molar-refractivity contribution is -0.134. The molecule has 1 aromatic carbocycles. The smallest absolute Gasteiger partial charge is 0.226 e. The highest BCUT2D eigenvalue weighted by Crippen LogP contribution is 2.33. The molecule has 1 aliphatic rings. The van der Waals surface area contributed by atoms with Gasteiger partial charge in [-0.05, 0) is 44.5 Å². The molecule has 0 bridgehead atoms. The maximum atomic E-state index is 12.7. The summed E-state index contributed by atoms with van der Waals surface area (Å²) in [6, 6.07) is 10.2. The third kappa shape index (κ3) is 4.22. The summed E-state index contributed by atoms with van der Waals surface area (Å²) in [6.07, 6.45) is 2.22. The monoisotopic (exact) mass is 374 g/mol. The number of aromatic nitrogens is 3.